The van der Waals surface area contributed by atoms with Crippen molar-refractivity contribution in [2.24, 2.45) is 0 Å². The summed E-state index contributed by atoms with van der Waals surface area (Å²) in [6, 6.07) is 22.1. The van der Waals surface area contributed by atoms with E-state index in [2.05, 4.69) is 128 Å². The van der Waals surface area contributed by atoms with Gasteiger partial charge in [0.25, 0.3) is 0 Å². The predicted molar refractivity (Wildman–Crippen MR) is 171 cm³/mol. The van der Waals surface area contributed by atoms with Crippen molar-refractivity contribution in [3.8, 4) is 22.3 Å². The lowest BCUT2D eigenvalue weighted by Crippen LogP contribution is -2.55. The highest BCUT2D eigenvalue weighted by atomic mass is 16.7. The van der Waals surface area contributed by atoms with E-state index in [4.69, 9.17) is 9.31 Å². The van der Waals surface area contributed by atoms with E-state index in [-0.39, 0.29) is 18.3 Å². The molecule has 0 radical (unpaired) electrons. The Kier molecular flexibility index (Phi) is 6.13. The van der Waals surface area contributed by atoms with Crippen molar-refractivity contribution in [3.63, 3.8) is 0 Å². The number of fused-ring (bicyclic) bond motifs is 1. The van der Waals surface area contributed by atoms with E-state index in [9.17, 15) is 0 Å². The fourth-order valence-corrected chi connectivity index (χ4v) is 5.46. The summed E-state index contributed by atoms with van der Waals surface area (Å²) in [5.41, 5.74) is 12.3. The average molecular weight is 465 g/mol. The van der Waals surface area contributed by atoms with Crippen LogP contribution in [0.1, 0.15) is 27.7 Å². The minimum atomic E-state index is -0.365. The lowest BCUT2D eigenvalue weighted by molar-refractivity contribution is 0.00578. The third kappa shape index (κ3) is 3.99. The number of rotatable bonds is 3. The molecule has 0 spiro atoms. The van der Waals surface area contributed by atoms with Gasteiger partial charge in [-0.1, -0.05) is 65.5 Å². The molecule has 4 aromatic carbocycles. The third-order valence-electron chi connectivity index (χ3n) is 8.89. The molecular weight excluding hydrogens is 433 g/mol. The largest absolute Gasteiger partial charge is 0.494 e. The average Bonchev–Trinajstić information content (AvgIpc) is 3.08. The Hall–Kier alpha value is -2.55. The van der Waals surface area contributed by atoms with Crippen LogP contribution in [0.15, 0.2) is 60.7 Å². The standard InChI is InChI=1S/C28H32B6O2/c1-27(2)28(3,4)36-34(35-27)18-9-5-7-16(14-18)19-10-6-8-15-13-17(11-12-20(15)19)21-22(29)24(31)26(33)25(32)23(21)30/h5-14H,29-33H2,1-4H3. The van der Waals surface area contributed by atoms with Crippen molar-refractivity contribution in [1.29, 1.82) is 0 Å². The van der Waals surface area contributed by atoms with Crippen molar-refractivity contribution in [2.45, 2.75) is 38.9 Å². The second kappa shape index (κ2) is 8.78. The molecule has 0 aliphatic carbocycles. The number of benzene rings is 4. The topological polar surface area (TPSA) is 18.5 Å². The van der Waals surface area contributed by atoms with Crippen LogP contribution in [0.3, 0.4) is 0 Å². The van der Waals surface area contributed by atoms with Gasteiger partial charge in [0.05, 0.1) is 11.2 Å². The van der Waals surface area contributed by atoms with E-state index in [1.54, 1.807) is 0 Å². The van der Waals surface area contributed by atoms with Gasteiger partial charge >= 0.3 is 7.12 Å². The summed E-state index contributed by atoms with van der Waals surface area (Å²) in [5, 5.41) is 2.50. The zero-order valence-corrected chi connectivity index (χ0v) is 23.2. The molecule has 1 heterocycles. The van der Waals surface area contributed by atoms with E-state index in [1.165, 1.54) is 60.3 Å². The molecule has 0 bridgehead atoms. The minimum Gasteiger partial charge on any atom is -0.399 e. The van der Waals surface area contributed by atoms with Crippen molar-refractivity contribution in [1.82, 2.24) is 0 Å². The smallest absolute Gasteiger partial charge is 0.399 e. The molecule has 0 saturated carbocycles. The second-order valence-electron chi connectivity index (χ2n) is 11.5. The van der Waals surface area contributed by atoms with Crippen LogP contribution in [0.2, 0.25) is 0 Å². The van der Waals surface area contributed by atoms with Gasteiger partial charge in [-0.2, -0.15) is 0 Å². The zero-order valence-electron chi connectivity index (χ0n) is 23.2. The Bertz CT molecular complexity index is 1470. The highest BCUT2D eigenvalue weighted by Crippen LogP contribution is 2.37. The summed E-state index contributed by atoms with van der Waals surface area (Å²) in [6.45, 7) is 8.39. The summed E-state index contributed by atoms with van der Waals surface area (Å²) >= 11 is 0. The lowest BCUT2D eigenvalue weighted by Gasteiger charge is -2.32. The monoisotopic (exact) mass is 466 g/mol. The third-order valence-corrected chi connectivity index (χ3v) is 8.89. The highest BCUT2D eigenvalue weighted by Gasteiger charge is 2.51. The first-order chi connectivity index (χ1) is 16.9. The maximum Gasteiger partial charge on any atom is 0.494 e. The summed E-state index contributed by atoms with van der Waals surface area (Å²) in [5.74, 6) is 0. The van der Waals surface area contributed by atoms with Crippen LogP contribution in [0.25, 0.3) is 33.0 Å². The second-order valence-corrected chi connectivity index (χ2v) is 11.5. The van der Waals surface area contributed by atoms with E-state index in [1.807, 2.05) is 0 Å². The molecule has 8 heteroatoms. The maximum atomic E-state index is 6.32. The molecule has 36 heavy (non-hydrogen) atoms. The first-order valence-electron chi connectivity index (χ1n) is 13.0. The first-order valence-corrected chi connectivity index (χ1v) is 13.0. The highest BCUT2D eigenvalue weighted by molar-refractivity contribution is 6.68. The van der Waals surface area contributed by atoms with Crippen LogP contribution in [-0.4, -0.2) is 57.6 Å². The summed E-state index contributed by atoms with van der Waals surface area (Å²) in [4.78, 5) is 0. The number of hydrogen-bond acceptors (Lipinski definition) is 2. The van der Waals surface area contributed by atoms with Crippen molar-refractivity contribution in [3.05, 3.63) is 60.7 Å². The fraction of sp³-hybridized carbons (Fsp3) is 0.214. The van der Waals surface area contributed by atoms with Gasteiger partial charge in [-0.3, -0.25) is 0 Å². The summed E-state index contributed by atoms with van der Waals surface area (Å²) in [7, 11) is 10.9. The van der Waals surface area contributed by atoms with Gasteiger partial charge in [-0.05, 0) is 72.3 Å². The molecular formula is C28H32B6O2. The van der Waals surface area contributed by atoms with E-state index < -0.39 is 0 Å². The fourth-order valence-electron chi connectivity index (χ4n) is 5.46. The summed E-state index contributed by atoms with van der Waals surface area (Å²) < 4.78 is 12.6. The molecule has 1 fully saturated rings. The van der Waals surface area contributed by atoms with Crippen LogP contribution >= 0.6 is 0 Å². The lowest BCUT2D eigenvalue weighted by atomic mass is 9.59. The molecule has 1 saturated heterocycles. The van der Waals surface area contributed by atoms with Gasteiger partial charge in [-0.25, -0.2) is 0 Å². The zero-order chi connectivity index (χ0) is 26.0. The molecule has 0 aromatic heterocycles. The van der Waals surface area contributed by atoms with Gasteiger partial charge in [0.15, 0.2) is 0 Å². The molecule has 1 aliphatic rings. The molecule has 0 unspecified atom stereocenters. The molecule has 0 amide bonds. The SMILES string of the molecule is Bc1c(B)c(B)c(-c2ccc3c(-c4cccc(B5OC(C)(C)C(C)(C)O5)c4)cccc3c2)c(B)c1B. The van der Waals surface area contributed by atoms with Gasteiger partial charge in [0.1, 0.15) is 39.2 Å². The Morgan fingerprint density at radius 1 is 0.611 bits per heavy atom. The van der Waals surface area contributed by atoms with Gasteiger partial charge < -0.3 is 9.31 Å². The van der Waals surface area contributed by atoms with E-state index >= 15 is 0 Å². The molecule has 4 aromatic rings. The molecule has 0 atom stereocenters. The van der Waals surface area contributed by atoms with Gasteiger partial charge in [0.2, 0.25) is 0 Å². The molecule has 174 valence electrons. The Balaban J connectivity index is 1.58. The van der Waals surface area contributed by atoms with Crippen LogP contribution in [0.4, 0.5) is 0 Å². The normalized spacial score (nSPS) is 16.5. The predicted octanol–water partition coefficient (Wildman–Crippen LogP) is -2.23. The number of hydrogen-bond donors (Lipinski definition) is 0. The molecule has 0 N–H and O–H groups in total. The Labute approximate surface area is 220 Å². The summed E-state index contributed by atoms with van der Waals surface area (Å²) in [6.07, 6.45) is 0. The van der Waals surface area contributed by atoms with Gasteiger partial charge in [-0.15, -0.1) is 16.4 Å². The molecule has 5 rings (SSSR count). The molecule has 2 nitrogen and oxygen atoms in total. The van der Waals surface area contributed by atoms with Crippen molar-refractivity contribution < 1.29 is 9.31 Å². The van der Waals surface area contributed by atoms with E-state index in [0.717, 1.165) is 5.46 Å². The molecule has 1 aliphatic heterocycles. The van der Waals surface area contributed by atoms with Crippen molar-refractivity contribution in [2.75, 3.05) is 0 Å². The first kappa shape index (κ1) is 25.1. The maximum absolute atomic E-state index is 6.32. The quantitative estimate of drug-likeness (QED) is 0.319. The van der Waals surface area contributed by atoms with Crippen LogP contribution in [0, 0.1) is 0 Å². The van der Waals surface area contributed by atoms with Gasteiger partial charge in [0, 0.05) is 0 Å². The Morgan fingerprint density at radius 3 is 1.83 bits per heavy atom. The van der Waals surface area contributed by atoms with E-state index in [0.29, 0.717) is 0 Å². The van der Waals surface area contributed by atoms with Crippen LogP contribution < -0.4 is 32.8 Å². The van der Waals surface area contributed by atoms with Crippen LogP contribution in [0.5, 0.6) is 0 Å². The van der Waals surface area contributed by atoms with Crippen molar-refractivity contribution >= 4 is 89.9 Å². The Morgan fingerprint density at radius 2 is 1.19 bits per heavy atom. The van der Waals surface area contributed by atoms with Crippen LogP contribution in [-0.2, 0) is 9.31 Å². The minimum absolute atomic E-state index is 0.355.